The molecule has 1 heterocycles. The largest absolute Gasteiger partial charge is 0.326 e. The maximum absolute atomic E-state index is 6.23. The molecule has 0 aromatic rings. The Morgan fingerprint density at radius 3 is 2.33 bits per heavy atom. The smallest absolute Gasteiger partial charge is 0.0259 e. The van der Waals surface area contributed by atoms with E-state index >= 15 is 0 Å². The molecule has 0 aromatic heterocycles. The van der Waals surface area contributed by atoms with Crippen LogP contribution in [0.15, 0.2) is 0 Å². The summed E-state index contributed by atoms with van der Waals surface area (Å²) in [6.07, 6.45) is 6.91. The number of rotatable bonds is 2. The number of nitrogens with two attached hydrogens (primary N) is 1. The Morgan fingerprint density at radius 2 is 1.92 bits per heavy atom. The van der Waals surface area contributed by atoms with Gasteiger partial charge in [-0.05, 0) is 38.8 Å². The molecule has 0 bridgehead atoms. The van der Waals surface area contributed by atoms with E-state index in [1.165, 1.54) is 38.6 Å². The van der Waals surface area contributed by atoms with E-state index in [4.69, 9.17) is 5.73 Å². The molecule has 1 aliphatic heterocycles. The molecule has 0 spiro atoms. The van der Waals surface area contributed by atoms with Crippen molar-refractivity contribution in [2.24, 2.45) is 11.7 Å². The fourth-order valence-corrected chi connectivity index (χ4v) is 2.68. The maximum atomic E-state index is 6.23. The lowest BCUT2D eigenvalue weighted by molar-refractivity contribution is 0.0826. The van der Waals surface area contributed by atoms with Gasteiger partial charge in [-0.15, -0.1) is 0 Å². The third kappa shape index (κ3) is 1.38. The van der Waals surface area contributed by atoms with Crippen molar-refractivity contribution < 1.29 is 0 Å². The summed E-state index contributed by atoms with van der Waals surface area (Å²) in [6, 6.07) is 1.17. The molecule has 0 radical (unpaired) electrons. The van der Waals surface area contributed by atoms with E-state index in [-0.39, 0.29) is 0 Å². The summed E-state index contributed by atoms with van der Waals surface area (Å²) in [5, 5.41) is 0. The Morgan fingerprint density at radius 1 is 1.25 bits per heavy atom. The van der Waals surface area contributed by atoms with Crippen molar-refractivity contribution in [3.63, 3.8) is 0 Å². The second-order valence-electron chi connectivity index (χ2n) is 4.46. The highest BCUT2D eigenvalue weighted by Crippen LogP contribution is 2.32. The van der Waals surface area contributed by atoms with Gasteiger partial charge in [0, 0.05) is 12.1 Å². The van der Waals surface area contributed by atoms with Crippen molar-refractivity contribution in [1.82, 2.24) is 4.90 Å². The van der Waals surface area contributed by atoms with E-state index in [9.17, 15) is 0 Å². The first-order valence-corrected chi connectivity index (χ1v) is 5.25. The Kier molecular flexibility index (Phi) is 2.37. The van der Waals surface area contributed by atoms with Crippen LogP contribution < -0.4 is 5.73 Å². The Balaban J connectivity index is 1.86. The summed E-state index contributed by atoms with van der Waals surface area (Å²) >= 11 is 0. The first-order valence-electron chi connectivity index (χ1n) is 5.25. The molecule has 2 aliphatic rings. The lowest BCUT2D eigenvalue weighted by Crippen LogP contribution is -2.57. The molecule has 70 valence electrons. The topological polar surface area (TPSA) is 29.3 Å². The van der Waals surface area contributed by atoms with Crippen LogP contribution in [-0.2, 0) is 0 Å². The Hall–Kier alpha value is -0.0800. The minimum atomic E-state index is 0.464. The van der Waals surface area contributed by atoms with Crippen LogP contribution in [0, 0.1) is 5.92 Å². The van der Waals surface area contributed by atoms with E-state index in [0.29, 0.717) is 12.1 Å². The molecule has 2 heteroatoms. The van der Waals surface area contributed by atoms with E-state index < -0.39 is 0 Å². The van der Waals surface area contributed by atoms with Crippen molar-refractivity contribution in [3.8, 4) is 0 Å². The summed E-state index contributed by atoms with van der Waals surface area (Å²) in [5.74, 6) is 0.831. The Labute approximate surface area is 75.1 Å². The SMILES string of the molecule is CN1CCC1C(N)C1CCCC1. The molecule has 2 rings (SSSR count). The van der Waals surface area contributed by atoms with Crippen molar-refractivity contribution in [2.75, 3.05) is 13.6 Å². The van der Waals surface area contributed by atoms with Gasteiger partial charge in [0.05, 0.1) is 0 Å². The molecule has 2 fully saturated rings. The molecule has 2 nitrogen and oxygen atoms in total. The molecular weight excluding hydrogens is 148 g/mol. The van der Waals surface area contributed by atoms with Gasteiger partial charge in [-0.25, -0.2) is 0 Å². The standard InChI is InChI=1S/C10H20N2/c1-12-7-6-9(12)10(11)8-4-2-3-5-8/h8-10H,2-7,11H2,1H3. The quantitative estimate of drug-likeness (QED) is 0.671. The third-order valence-corrected chi connectivity index (χ3v) is 3.73. The molecule has 1 saturated heterocycles. The van der Waals surface area contributed by atoms with Crippen LogP contribution >= 0.6 is 0 Å². The molecule has 0 amide bonds. The summed E-state index contributed by atoms with van der Waals surface area (Å²) in [4.78, 5) is 2.41. The fraction of sp³-hybridized carbons (Fsp3) is 1.00. The summed E-state index contributed by atoms with van der Waals surface area (Å²) in [7, 11) is 2.20. The van der Waals surface area contributed by atoms with Gasteiger partial charge in [-0.2, -0.15) is 0 Å². The van der Waals surface area contributed by atoms with Gasteiger partial charge < -0.3 is 10.6 Å². The van der Waals surface area contributed by atoms with Crippen LogP contribution in [-0.4, -0.2) is 30.6 Å². The monoisotopic (exact) mass is 168 g/mol. The van der Waals surface area contributed by atoms with Crippen molar-refractivity contribution in [2.45, 2.75) is 44.2 Å². The lowest BCUT2D eigenvalue weighted by atomic mass is 9.86. The molecule has 1 saturated carbocycles. The van der Waals surface area contributed by atoms with E-state index in [2.05, 4.69) is 11.9 Å². The molecule has 12 heavy (non-hydrogen) atoms. The predicted molar refractivity (Wildman–Crippen MR) is 51.0 cm³/mol. The third-order valence-electron chi connectivity index (χ3n) is 3.73. The van der Waals surface area contributed by atoms with Gasteiger partial charge >= 0.3 is 0 Å². The number of hydrogen-bond donors (Lipinski definition) is 1. The van der Waals surface area contributed by atoms with Crippen LogP contribution in [0.25, 0.3) is 0 Å². The number of likely N-dealkylation sites (N-methyl/N-ethyl adjacent to an activating group) is 1. The fourth-order valence-electron chi connectivity index (χ4n) is 2.68. The number of nitrogens with zero attached hydrogens (tertiary/aromatic N) is 1. The molecular formula is C10H20N2. The molecule has 1 aliphatic carbocycles. The van der Waals surface area contributed by atoms with Gasteiger partial charge in [-0.1, -0.05) is 12.8 Å². The average Bonchev–Trinajstić information content (AvgIpc) is 2.53. The van der Waals surface area contributed by atoms with Crippen molar-refractivity contribution >= 4 is 0 Å². The maximum Gasteiger partial charge on any atom is 0.0259 e. The van der Waals surface area contributed by atoms with Gasteiger partial charge in [0.25, 0.3) is 0 Å². The zero-order valence-electron chi connectivity index (χ0n) is 8.00. The number of likely N-dealkylation sites (tertiary alicyclic amines) is 1. The minimum absolute atomic E-state index is 0.464. The first kappa shape index (κ1) is 8.52. The molecule has 0 aromatic carbocycles. The van der Waals surface area contributed by atoms with Gasteiger partial charge in [0.15, 0.2) is 0 Å². The predicted octanol–water partition coefficient (Wildman–Crippen LogP) is 1.21. The van der Waals surface area contributed by atoms with E-state index in [1.54, 1.807) is 0 Å². The summed E-state index contributed by atoms with van der Waals surface area (Å²) in [5.41, 5.74) is 6.23. The highest BCUT2D eigenvalue weighted by atomic mass is 15.2. The number of hydrogen-bond acceptors (Lipinski definition) is 2. The van der Waals surface area contributed by atoms with Crippen LogP contribution in [0.4, 0.5) is 0 Å². The average molecular weight is 168 g/mol. The molecule has 2 unspecified atom stereocenters. The van der Waals surface area contributed by atoms with E-state index in [1.807, 2.05) is 0 Å². The van der Waals surface area contributed by atoms with E-state index in [0.717, 1.165) is 5.92 Å². The second-order valence-corrected chi connectivity index (χ2v) is 4.46. The molecule has 2 N–H and O–H groups in total. The van der Waals surface area contributed by atoms with Crippen LogP contribution in [0.5, 0.6) is 0 Å². The van der Waals surface area contributed by atoms with Gasteiger partial charge in [0.1, 0.15) is 0 Å². The second kappa shape index (κ2) is 3.35. The lowest BCUT2D eigenvalue weighted by Gasteiger charge is -2.43. The zero-order chi connectivity index (χ0) is 8.55. The highest BCUT2D eigenvalue weighted by Gasteiger charge is 2.35. The zero-order valence-corrected chi connectivity index (χ0v) is 8.00. The molecule has 2 atom stereocenters. The summed E-state index contributed by atoms with van der Waals surface area (Å²) in [6.45, 7) is 1.26. The van der Waals surface area contributed by atoms with Crippen molar-refractivity contribution in [1.29, 1.82) is 0 Å². The van der Waals surface area contributed by atoms with Gasteiger partial charge in [0.2, 0.25) is 0 Å². The normalized spacial score (nSPS) is 35.0. The summed E-state index contributed by atoms with van der Waals surface area (Å²) < 4.78 is 0. The Bertz CT molecular complexity index is 150. The van der Waals surface area contributed by atoms with Crippen LogP contribution in [0.3, 0.4) is 0 Å². The van der Waals surface area contributed by atoms with Gasteiger partial charge in [-0.3, -0.25) is 0 Å². The first-order chi connectivity index (χ1) is 5.79. The highest BCUT2D eigenvalue weighted by molar-refractivity contribution is 4.93. The van der Waals surface area contributed by atoms with Crippen molar-refractivity contribution in [3.05, 3.63) is 0 Å². The van der Waals surface area contributed by atoms with Crippen LogP contribution in [0.1, 0.15) is 32.1 Å². The minimum Gasteiger partial charge on any atom is -0.326 e. The van der Waals surface area contributed by atoms with Crippen LogP contribution in [0.2, 0.25) is 0 Å².